The van der Waals surface area contributed by atoms with Gasteiger partial charge in [-0.2, -0.15) is 0 Å². The molecule has 0 aliphatic heterocycles. The Hall–Kier alpha value is -0.203. The first-order valence-electron chi connectivity index (χ1n) is 12.1. The number of hydrogen-bond donors (Lipinski definition) is 1. The summed E-state index contributed by atoms with van der Waals surface area (Å²) in [6.45, 7) is 6.76. The fraction of sp³-hybridized carbons (Fsp3) is 0.917. The predicted octanol–water partition coefficient (Wildman–Crippen LogP) is 6.74. The Morgan fingerprint density at radius 1 is 0.655 bits per heavy atom. The lowest BCUT2D eigenvalue weighted by Gasteiger charge is -2.24. The molecule has 0 saturated heterocycles. The molecule has 1 N–H and O–H groups in total. The second-order valence-corrected chi connectivity index (χ2v) is 11.7. The molecule has 0 heterocycles. The highest BCUT2D eigenvalue weighted by atomic mass is 28.4. The first-order chi connectivity index (χ1) is 14.1. The molecule has 0 radical (unpaired) electrons. The minimum absolute atomic E-state index is 0.863. The molecule has 174 valence electrons. The predicted molar refractivity (Wildman–Crippen MR) is 128 cm³/mol. The Bertz CT molecular complexity index is 352. The van der Waals surface area contributed by atoms with Crippen LogP contribution in [0.5, 0.6) is 0 Å². The first-order valence-corrected chi connectivity index (χ1v) is 14.0. The molecule has 4 nitrogen and oxygen atoms in total. The van der Waals surface area contributed by atoms with Crippen molar-refractivity contribution in [1.82, 2.24) is 5.32 Å². The topological polar surface area (TPSA) is 39.7 Å². The SMILES string of the molecule is CO[Si](CCCNCCCCCCCC/C=C\CCCCCC(C)C)(OC)OC. The Labute approximate surface area is 183 Å². The van der Waals surface area contributed by atoms with Crippen molar-refractivity contribution < 1.29 is 13.3 Å². The monoisotopic (exact) mass is 429 g/mol. The van der Waals surface area contributed by atoms with Crippen molar-refractivity contribution in [3.8, 4) is 0 Å². The Morgan fingerprint density at radius 2 is 1.14 bits per heavy atom. The van der Waals surface area contributed by atoms with E-state index >= 15 is 0 Å². The van der Waals surface area contributed by atoms with E-state index in [2.05, 4.69) is 31.3 Å². The zero-order valence-corrected chi connectivity index (χ0v) is 21.3. The van der Waals surface area contributed by atoms with Crippen LogP contribution in [0.4, 0.5) is 0 Å². The van der Waals surface area contributed by atoms with Gasteiger partial charge in [-0.05, 0) is 57.5 Å². The van der Waals surface area contributed by atoms with Gasteiger partial charge in [-0.1, -0.05) is 70.9 Å². The Morgan fingerprint density at radius 3 is 1.69 bits per heavy atom. The van der Waals surface area contributed by atoms with E-state index < -0.39 is 8.80 Å². The summed E-state index contributed by atoms with van der Waals surface area (Å²) in [7, 11) is 2.66. The minimum atomic E-state index is -2.38. The van der Waals surface area contributed by atoms with Gasteiger partial charge < -0.3 is 18.6 Å². The van der Waals surface area contributed by atoms with Crippen LogP contribution in [-0.2, 0) is 13.3 Å². The largest absolute Gasteiger partial charge is 0.500 e. The second kappa shape index (κ2) is 21.0. The van der Waals surface area contributed by atoms with Gasteiger partial charge in [0.05, 0.1) is 0 Å². The summed E-state index contributed by atoms with van der Waals surface area (Å²) in [6.07, 6.45) is 22.0. The number of nitrogens with one attached hydrogen (secondary N) is 1. The van der Waals surface area contributed by atoms with Crippen molar-refractivity contribution >= 4 is 8.80 Å². The lowest BCUT2D eigenvalue weighted by Crippen LogP contribution is -2.43. The summed E-state index contributed by atoms with van der Waals surface area (Å²) in [6, 6.07) is 0.871. The Balaban J connectivity index is 3.27. The summed E-state index contributed by atoms with van der Waals surface area (Å²) in [5.74, 6) is 0.863. The molecule has 0 aliphatic carbocycles. The van der Waals surface area contributed by atoms with Crippen molar-refractivity contribution in [2.75, 3.05) is 34.4 Å². The molecule has 0 spiro atoms. The number of unbranched alkanes of at least 4 members (excludes halogenated alkanes) is 9. The summed E-state index contributed by atoms with van der Waals surface area (Å²) < 4.78 is 16.3. The third-order valence-electron chi connectivity index (χ3n) is 5.56. The second-order valence-electron chi connectivity index (χ2n) is 8.56. The molecule has 0 bridgehead atoms. The first kappa shape index (κ1) is 28.8. The average Bonchev–Trinajstić information content (AvgIpc) is 2.73. The van der Waals surface area contributed by atoms with Crippen molar-refractivity contribution in [1.29, 1.82) is 0 Å². The van der Waals surface area contributed by atoms with Crippen LogP contribution in [0.2, 0.25) is 6.04 Å². The highest BCUT2D eigenvalue weighted by Gasteiger charge is 2.36. The normalized spacial score (nSPS) is 12.5. The van der Waals surface area contributed by atoms with Gasteiger partial charge in [0.1, 0.15) is 0 Å². The van der Waals surface area contributed by atoms with Crippen molar-refractivity contribution in [3.63, 3.8) is 0 Å². The van der Waals surface area contributed by atoms with E-state index in [9.17, 15) is 0 Å². The lowest BCUT2D eigenvalue weighted by atomic mass is 10.0. The molecular formula is C24H51NO3Si. The van der Waals surface area contributed by atoms with Gasteiger partial charge in [-0.3, -0.25) is 0 Å². The minimum Gasteiger partial charge on any atom is -0.377 e. The molecule has 5 heteroatoms. The van der Waals surface area contributed by atoms with Gasteiger partial charge in [0, 0.05) is 27.4 Å². The van der Waals surface area contributed by atoms with Gasteiger partial charge in [0.25, 0.3) is 0 Å². The van der Waals surface area contributed by atoms with Crippen LogP contribution < -0.4 is 5.32 Å². The van der Waals surface area contributed by atoms with E-state index in [1.165, 1.54) is 77.0 Å². The van der Waals surface area contributed by atoms with E-state index in [1.807, 2.05) is 0 Å². The van der Waals surface area contributed by atoms with Crippen LogP contribution in [-0.4, -0.2) is 43.2 Å². The van der Waals surface area contributed by atoms with E-state index in [1.54, 1.807) is 21.3 Å². The molecule has 0 aromatic carbocycles. The maximum absolute atomic E-state index is 5.44. The lowest BCUT2D eigenvalue weighted by molar-refractivity contribution is 0.123. The van der Waals surface area contributed by atoms with Crippen LogP contribution in [0.1, 0.15) is 97.3 Å². The Kier molecular flexibility index (Phi) is 20.9. The number of allylic oxidation sites excluding steroid dienone is 2. The zero-order chi connectivity index (χ0) is 21.6. The van der Waals surface area contributed by atoms with Crippen molar-refractivity contribution in [2.24, 2.45) is 5.92 Å². The third-order valence-corrected chi connectivity index (χ3v) is 8.39. The number of rotatable bonds is 22. The highest BCUT2D eigenvalue weighted by molar-refractivity contribution is 6.60. The highest BCUT2D eigenvalue weighted by Crippen LogP contribution is 2.14. The maximum atomic E-state index is 5.44. The van der Waals surface area contributed by atoms with E-state index in [4.69, 9.17) is 13.3 Å². The fourth-order valence-electron chi connectivity index (χ4n) is 3.56. The van der Waals surface area contributed by atoms with Crippen molar-refractivity contribution in [2.45, 2.75) is 103 Å². The average molecular weight is 430 g/mol. The quantitative estimate of drug-likeness (QED) is 0.117. The van der Waals surface area contributed by atoms with E-state index in [0.29, 0.717) is 0 Å². The summed E-state index contributed by atoms with van der Waals surface area (Å²) in [5, 5.41) is 3.53. The van der Waals surface area contributed by atoms with E-state index in [-0.39, 0.29) is 0 Å². The molecular weight excluding hydrogens is 378 g/mol. The molecule has 0 aromatic rings. The summed E-state index contributed by atoms with van der Waals surface area (Å²) >= 11 is 0. The molecule has 0 fully saturated rings. The molecule has 0 unspecified atom stereocenters. The van der Waals surface area contributed by atoms with Gasteiger partial charge in [-0.15, -0.1) is 0 Å². The molecule has 0 aliphatic rings. The van der Waals surface area contributed by atoms with Crippen LogP contribution in [0, 0.1) is 5.92 Å². The van der Waals surface area contributed by atoms with Crippen LogP contribution in [0.15, 0.2) is 12.2 Å². The number of hydrogen-bond acceptors (Lipinski definition) is 4. The van der Waals surface area contributed by atoms with Crippen molar-refractivity contribution in [3.05, 3.63) is 12.2 Å². The molecule has 0 atom stereocenters. The van der Waals surface area contributed by atoms with Gasteiger partial charge >= 0.3 is 8.80 Å². The molecule has 29 heavy (non-hydrogen) atoms. The van der Waals surface area contributed by atoms with Gasteiger partial charge in [0.15, 0.2) is 0 Å². The summed E-state index contributed by atoms with van der Waals surface area (Å²) in [4.78, 5) is 0. The van der Waals surface area contributed by atoms with Gasteiger partial charge in [-0.25, -0.2) is 0 Å². The molecule has 0 amide bonds. The standard InChI is InChI=1S/C24H51NO3Si/c1-24(2)20-17-15-13-11-9-7-6-8-10-12-14-16-18-21-25-22-19-23-29(26-3,27-4)28-5/h7,9,24-25H,6,8,10-23H2,1-5H3/b9-7-. The van der Waals surface area contributed by atoms with Crippen LogP contribution in [0.3, 0.4) is 0 Å². The molecule has 0 rings (SSSR count). The summed E-state index contributed by atoms with van der Waals surface area (Å²) in [5.41, 5.74) is 0. The van der Waals surface area contributed by atoms with Crippen LogP contribution in [0.25, 0.3) is 0 Å². The smallest absolute Gasteiger partial charge is 0.377 e. The zero-order valence-electron chi connectivity index (χ0n) is 20.3. The molecule has 0 aromatic heterocycles. The maximum Gasteiger partial charge on any atom is 0.500 e. The fourth-order valence-corrected chi connectivity index (χ4v) is 5.28. The third kappa shape index (κ3) is 18.3. The molecule has 0 saturated carbocycles. The van der Waals surface area contributed by atoms with E-state index in [0.717, 1.165) is 31.5 Å². The van der Waals surface area contributed by atoms with Gasteiger partial charge in [0.2, 0.25) is 0 Å². The van der Waals surface area contributed by atoms with Crippen LogP contribution >= 0.6 is 0 Å².